The Hall–Kier alpha value is -1.35. The van der Waals surface area contributed by atoms with Crippen LogP contribution in [0.2, 0.25) is 5.15 Å². The van der Waals surface area contributed by atoms with Crippen molar-refractivity contribution < 1.29 is 4.79 Å². The fourth-order valence-electron chi connectivity index (χ4n) is 0.699. The molecular weight excluding hydrogens is 176 g/mol. The van der Waals surface area contributed by atoms with Gasteiger partial charge in [-0.2, -0.15) is 0 Å². The van der Waals surface area contributed by atoms with Crippen LogP contribution in [0.15, 0.2) is 24.4 Å². The van der Waals surface area contributed by atoms with Gasteiger partial charge in [-0.15, -0.1) is 0 Å². The van der Waals surface area contributed by atoms with Crippen LogP contribution in [0.5, 0.6) is 0 Å². The third kappa shape index (κ3) is 2.72. The Balaban J connectivity index is 2.83. The summed E-state index contributed by atoms with van der Waals surface area (Å²) in [5.74, 6) is -0.483. The van der Waals surface area contributed by atoms with Gasteiger partial charge in [-0.3, -0.25) is 4.79 Å². The minimum Gasteiger partial charge on any atom is -0.366 e. The summed E-state index contributed by atoms with van der Waals surface area (Å²) in [5, 5.41) is 0.390. The molecule has 3 nitrogen and oxygen atoms in total. The van der Waals surface area contributed by atoms with Gasteiger partial charge in [0, 0.05) is 12.3 Å². The first-order valence-electron chi connectivity index (χ1n) is 3.27. The van der Waals surface area contributed by atoms with Gasteiger partial charge in [0.15, 0.2) is 0 Å². The number of carbonyl (C=O) groups is 1. The molecule has 1 aromatic heterocycles. The number of nitrogens with two attached hydrogens (primary N) is 1. The van der Waals surface area contributed by atoms with E-state index in [9.17, 15) is 4.79 Å². The van der Waals surface area contributed by atoms with E-state index in [0.29, 0.717) is 5.15 Å². The summed E-state index contributed by atoms with van der Waals surface area (Å²) >= 11 is 5.60. The lowest BCUT2D eigenvalue weighted by Crippen LogP contribution is -2.05. The van der Waals surface area contributed by atoms with Crippen molar-refractivity contribution in [2.24, 2.45) is 5.73 Å². The molecule has 0 aliphatic rings. The van der Waals surface area contributed by atoms with E-state index in [1.807, 2.05) is 0 Å². The fourth-order valence-corrected chi connectivity index (χ4v) is 0.882. The monoisotopic (exact) mass is 182 g/mol. The molecule has 2 N–H and O–H groups in total. The standard InChI is InChI=1S/C8H7ClN2O/c9-7-5-6(3-4-11-7)1-2-8(10)12/h1-5H,(H2,10,12)/b2-1-. The first-order valence-corrected chi connectivity index (χ1v) is 3.65. The molecule has 0 unspecified atom stereocenters. The normalized spacial score (nSPS) is 10.4. The lowest BCUT2D eigenvalue weighted by Gasteiger charge is -1.91. The first-order chi connectivity index (χ1) is 5.68. The molecule has 1 heterocycles. The minimum atomic E-state index is -0.483. The smallest absolute Gasteiger partial charge is 0.241 e. The lowest BCUT2D eigenvalue weighted by atomic mass is 10.2. The van der Waals surface area contributed by atoms with Crippen molar-refractivity contribution in [2.75, 3.05) is 0 Å². The molecule has 12 heavy (non-hydrogen) atoms. The second kappa shape index (κ2) is 3.88. The molecule has 4 heteroatoms. The van der Waals surface area contributed by atoms with E-state index < -0.39 is 5.91 Å². The number of halogens is 1. The Labute approximate surface area is 74.9 Å². The van der Waals surface area contributed by atoms with Crippen LogP contribution in [-0.4, -0.2) is 10.9 Å². The SMILES string of the molecule is NC(=O)/C=C\c1ccnc(Cl)c1. The molecule has 0 radical (unpaired) electrons. The second-order valence-corrected chi connectivity index (χ2v) is 2.53. The van der Waals surface area contributed by atoms with Crippen molar-refractivity contribution in [3.05, 3.63) is 35.1 Å². The molecule has 0 bridgehead atoms. The van der Waals surface area contributed by atoms with Gasteiger partial charge in [-0.25, -0.2) is 4.98 Å². The zero-order chi connectivity index (χ0) is 8.97. The average Bonchev–Trinajstić information content (AvgIpc) is 2.01. The highest BCUT2D eigenvalue weighted by Crippen LogP contribution is 2.07. The summed E-state index contributed by atoms with van der Waals surface area (Å²) in [4.78, 5) is 14.1. The van der Waals surface area contributed by atoms with Crippen LogP contribution in [0.4, 0.5) is 0 Å². The van der Waals surface area contributed by atoms with Crippen molar-refractivity contribution in [2.45, 2.75) is 0 Å². The maximum Gasteiger partial charge on any atom is 0.241 e. The summed E-state index contributed by atoms with van der Waals surface area (Å²) in [5.41, 5.74) is 5.70. The van der Waals surface area contributed by atoms with Crippen LogP contribution >= 0.6 is 11.6 Å². The van der Waals surface area contributed by atoms with E-state index >= 15 is 0 Å². The summed E-state index contributed by atoms with van der Waals surface area (Å²) in [6.45, 7) is 0. The molecule has 1 amide bonds. The molecule has 62 valence electrons. The summed E-state index contributed by atoms with van der Waals surface area (Å²) in [7, 11) is 0. The highest BCUT2D eigenvalue weighted by molar-refractivity contribution is 6.29. The van der Waals surface area contributed by atoms with Crippen molar-refractivity contribution in [1.29, 1.82) is 0 Å². The van der Waals surface area contributed by atoms with Gasteiger partial charge in [0.2, 0.25) is 5.91 Å². The van der Waals surface area contributed by atoms with E-state index in [0.717, 1.165) is 5.56 Å². The third-order valence-corrected chi connectivity index (χ3v) is 1.40. The van der Waals surface area contributed by atoms with Crippen LogP contribution in [0.3, 0.4) is 0 Å². The van der Waals surface area contributed by atoms with Crippen LogP contribution in [0.25, 0.3) is 6.08 Å². The molecule has 0 aliphatic heterocycles. The van der Waals surface area contributed by atoms with Gasteiger partial charge >= 0.3 is 0 Å². The number of amides is 1. The van der Waals surface area contributed by atoms with Crippen molar-refractivity contribution in [3.8, 4) is 0 Å². The number of rotatable bonds is 2. The number of aromatic nitrogens is 1. The molecule has 0 aromatic carbocycles. The highest BCUT2D eigenvalue weighted by Gasteiger charge is 1.90. The van der Waals surface area contributed by atoms with Crippen LogP contribution in [0, 0.1) is 0 Å². The number of carbonyl (C=O) groups excluding carboxylic acids is 1. The number of hydrogen-bond donors (Lipinski definition) is 1. The Kier molecular flexibility index (Phi) is 2.82. The molecule has 0 spiro atoms. The highest BCUT2D eigenvalue weighted by atomic mass is 35.5. The Morgan fingerprint density at radius 2 is 2.42 bits per heavy atom. The van der Waals surface area contributed by atoms with E-state index in [1.165, 1.54) is 6.08 Å². The van der Waals surface area contributed by atoms with E-state index in [2.05, 4.69) is 4.98 Å². The van der Waals surface area contributed by atoms with Gasteiger partial charge in [0.05, 0.1) is 0 Å². The minimum absolute atomic E-state index is 0.390. The molecule has 1 aromatic rings. The number of primary amides is 1. The maximum absolute atomic E-state index is 10.3. The topological polar surface area (TPSA) is 56.0 Å². The van der Waals surface area contributed by atoms with Gasteiger partial charge in [0.1, 0.15) is 5.15 Å². The summed E-state index contributed by atoms with van der Waals surface area (Å²) in [6.07, 6.45) is 4.41. The van der Waals surface area contributed by atoms with E-state index in [-0.39, 0.29) is 0 Å². The van der Waals surface area contributed by atoms with Crippen LogP contribution in [-0.2, 0) is 4.79 Å². The zero-order valence-electron chi connectivity index (χ0n) is 6.20. The Morgan fingerprint density at radius 3 is 3.00 bits per heavy atom. The molecule has 1 rings (SSSR count). The second-order valence-electron chi connectivity index (χ2n) is 2.15. The number of hydrogen-bond acceptors (Lipinski definition) is 2. The van der Waals surface area contributed by atoms with Crippen LogP contribution < -0.4 is 5.73 Å². The Morgan fingerprint density at radius 1 is 1.67 bits per heavy atom. The predicted molar refractivity (Wildman–Crippen MR) is 47.5 cm³/mol. The number of pyridine rings is 1. The quantitative estimate of drug-likeness (QED) is 0.553. The van der Waals surface area contributed by atoms with Gasteiger partial charge in [-0.1, -0.05) is 11.6 Å². The maximum atomic E-state index is 10.3. The fraction of sp³-hybridized carbons (Fsp3) is 0. The molecule has 0 saturated heterocycles. The van der Waals surface area contributed by atoms with Crippen molar-refractivity contribution >= 4 is 23.6 Å². The molecular formula is C8H7ClN2O. The zero-order valence-corrected chi connectivity index (χ0v) is 6.95. The predicted octanol–water partition coefficient (Wildman–Crippen LogP) is 1.23. The molecule has 0 saturated carbocycles. The van der Waals surface area contributed by atoms with Crippen LogP contribution in [0.1, 0.15) is 5.56 Å². The van der Waals surface area contributed by atoms with Gasteiger partial charge in [-0.05, 0) is 23.8 Å². The van der Waals surface area contributed by atoms with Gasteiger partial charge < -0.3 is 5.73 Å². The lowest BCUT2D eigenvalue weighted by molar-refractivity contribution is -0.113. The average molecular weight is 183 g/mol. The molecule has 0 fully saturated rings. The third-order valence-electron chi connectivity index (χ3n) is 1.19. The van der Waals surface area contributed by atoms with Crippen molar-refractivity contribution in [3.63, 3.8) is 0 Å². The summed E-state index contributed by atoms with van der Waals surface area (Å²) in [6, 6.07) is 3.37. The first kappa shape index (κ1) is 8.74. The largest absolute Gasteiger partial charge is 0.366 e. The summed E-state index contributed by atoms with van der Waals surface area (Å²) < 4.78 is 0. The van der Waals surface area contributed by atoms with Gasteiger partial charge in [0.25, 0.3) is 0 Å². The molecule has 0 atom stereocenters. The Bertz CT molecular complexity index is 323. The molecule has 0 aliphatic carbocycles. The van der Waals surface area contributed by atoms with E-state index in [1.54, 1.807) is 24.4 Å². The number of nitrogens with zero attached hydrogens (tertiary/aromatic N) is 1. The van der Waals surface area contributed by atoms with Crippen molar-refractivity contribution in [1.82, 2.24) is 4.98 Å². The van der Waals surface area contributed by atoms with E-state index in [4.69, 9.17) is 17.3 Å².